The van der Waals surface area contributed by atoms with E-state index in [1.807, 2.05) is 4.72 Å². The van der Waals surface area contributed by atoms with E-state index in [0.29, 0.717) is 5.56 Å². The van der Waals surface area contributed by atoms with Crippen LogP contribution in [0.4, 0.5) is 0 Å². The first kappa shape index (κ1) is 16.0. The summed E-state index contributed by atoms with van der Waals surface area (Å²) in [4.78, 5) is 27.5. The van der Waals surface area contributed by atoms with E-state index in [4.69, 9.17) is 9.47 Å². The first-order chi connectivity index (χ1) is 10.1. The topological polar surface area (TPSA) is 112 Å². The SMILES string of the molecule is CC(=O)OC1=C(NS(C)(=O)=O)OC(C)(c2ccncc2)C1=O. The van der Waals surface area contributed by atoms with Crippen LogP contribution >= 0.6 is 0 Å². The largest absolute Gasteiger partial charge is 0.456 e. The Hall–Kier alpha value is -2.42. The molecule has 0 saturated carbocycles. The molecule has 0 aromatic carbocycles. The average molecular weight is 326 g/mol. The Morgan fingerprint density at radius 2 is 1.95 bits per heavy atom. The van der Waals surface area contributed by atoms with E-state index in [-0.39, 0.29) is 0 Å². The fourth-order valence-corrected chi connectivity index (χ4v) is 2.42. The molecule has 0 bridgehead atoms. The number of carbonyl (C=O) groups excluding carboxylic acids is 2. The Kier molecular flexibility index (Phi) is 3.92. The van der Waals surface area contributed by atoms with Crippen molar-refractivity contribution in [3.8, 4) is 0 Å². The monoisotopic (exact) mass is 326 g/mol. The van der Waals surface area contributed by atoms with Crippen LogP contribution < -0.4 is 4.72 Å². The second kappa shape index (κ2) is 5.41. The molecule has 2 rings (SSSR count). The van der Waals surface area contributed by atoms with Crippen LogP contribution in [0.2, 0.25) is 0 Å². The maximum Gasteiger partial charge on any atom is 0.308 e. The lowest BCUT2D eigenvalue weighted by Crippen LogP contribution is -2.32. The zero-order chi connectivity index (χ0) is 16.5. The standard InChI is InChI=1S/C13H14N2O6S/c1-8(16)20-10-11(17)13(2,9-4-6-14-7-5-9)21-12(10)15-22(3,18)19/h4-7,15H,1-3H3. The highest BCUT2D eigenvalue weighted by molar-refractivity contribution is 7.88. The Balaban J connectivity index is 2.47. The van der Waals surface area contributed by atoms with Gasteiger partial charge in [-0.1, -0.05) is 0 Å². The van der Waals surface area contributed by atoms with Crippen molar-refractivity contribution in [2.24, 2.45) is 0 Å². The minimum absolute atomic E-state index is 0.415. The summed E-state index contributed by atoms with van der Waals surface area (Å²) in [5, 5.41) is 0. The average Bonchev–Trinajstić information content (AvgIpc) is 2.63. The highest BCUT2D eigenvalue weighted by Gasteiger charge is 2.50. The molecule has 2 heterocycles. The normalized spacial score (nSPS) is 21.5. The number of ketones is 1. The van der Waals surface area contributed by atoms with E-state index < -0.39 is 39.0 Å². The van der Waals surface area contributed by atoms with Gasteiger partial charge < -0.3 is 9.47 Å². The minimum Gasteiger partial charge on any atom is -0.456 e. The number of esters is 1. The van der Waals surface area contributed by atoms with Crippen molar-refractivity contribution in [3.05, 3.63) is 41.7 Å². The van der Waals surface area contributed by atoms with Crippen molar-refractivity contribution in [2.75, 3.05) is 6.26 Å². The van der Waals surface area contributed by atoms with Gasteiger partial charge in [0.1, 0.15) is 0 Å². The predicted molar refractivity (Wildman–Crippen MR) is 74.5 cm³/mol. The molecular weight excluding hydrogens is 312 g/mol. The number of pyridine rings is 1. The zero-order valence-electron chi connectivity index (χ0n) is 12.1. The minimum atomic E-state index is -3.72. The maximum atomic E-state index is 12.5. The molecular formula is C13H14N2O6S. The van der Waals surface area contributed by atoms with Crippen molar-refractivity contribution < 1.29 is 27.5 Å². The van der Waals surface area contributed by atoms with Crippen LogP contribution in [0.15, 0.2) is 36.2 Å². The molecule has 1 atom stereocenters. The lowest BCUT2D eigenvalue weighted by Gasteiger charge is -2.23. The number of hydrogen-bond donors (Lipinski definition) is 1. The maximum absolute atomic E-state index is 12.5. The fraction of sp³-hybridized carbons (Fsp3) is 0.308. The fourth-order valence-electron chi connectivity index (χ4n) is 1.95. The molecule has 1 aliphatic heterocycles. The van der Waals surface area contributed by atoms with Gasteiger partial charge in [0.05, 0.1) is 6.26 Å². The van der Waals surface area contributed by atoms with Gasteiger partial charge in [-0.05, 0) is 19.1 Å². The van der Waals surface area contributed by atoms with Crippen LogP contribution in [0.25, 0.3) is 0 Å². The molecule has 22 heavy (non-hydrogen) atoms. The number of aromatic nitrogens is 1. The van der Waals surface area contributed by atoms with E-state index in [0.717, 1.165) is 13.2 Å². The lowest BCUT2D eigenvalue weighted by molar-refractivity contribution is -0.142. The van der Waals surface area contributed by atoms with Gasteiger partial charge in [0.2, 0.25) is 21.7 Å². The highest BCUT2D eigenvalue weighted by atomic mass is 32.2. The Morgan fingerprint density at radius 1 is 1.36 bits per heavy atom. The van der Waals surface area contributed by atoms with Crippen molar-refractivity contribution in [3.63, 3.8) is 0 Å². The van der Waals surface area contributed by atoms with Crippen LogP contribution in [0, 0.1) is 0 Å². The van der Waals surface area contributed by atoms with Gasteiger partial charge in [0.25, 0.3) is 5.78 Å². The molecule has 0 aliphatic carbocycles. The van der Waals surface area contributed by atoms with Crippen molar-refractivity contribution in [2.45, 2.75) is 19.4 Å². The van der Waals surface area contributed by atoms with Crippen molar-refractivity contribution >= 4 is 21.8 Å². The highest BCUT2D eigenvalue weighted by Crippen LogP contribution is 2.38. The van der Waals surface area contributed by atoms with Gasteiger partial charge in [-0.2, -0.15) is 0 Å². The summed E-state index contributed by atoms with van der Waals surface area (Å²) in [6.07, 6.45) is 3.82. The summed E-state index contributed by atoms with van der Waals surface area (Å²) in [6, 6.07) is 3.10. The van der Waals surface area contributed by atoms with Gasteiger partial charge in [0.15, 0.2) is 5.60 Å². The Labute approximate surface area is 127 Å². The first-order valence-corrected chi connectivity index (χ1v) is 8.07. The van der Waals surface area contributed by atoms with Gasteiger partial charge in [0, 0.05) is 24.9 Å². The molecule has 1 aliphatic rings. The number of nitrogens with zero attached hydrogens (tertiary/aromatic N) is 1. The second-order valence-electron chi connectivity index (χ2n) is 4.83. The number of nitrogens with one attached hydrogen (secondary N) is 1. The van der Waals surface area contributed by atoms with Crippen molar-refractivity contribution in [1.82, 2.24) is 9.71 Å². The van der Waals surface area contributed by atoms with E-state index in [9.17, 15) is 18.0 Å². The van der Waals surface area contributed by atoms with Crippen molar-refractivity contribution in [1.29, 1.82) is 0 Å². The third-order valence-electron chi connectivity index (χ3n) is 2.91. The number of carbonyl (C=O) groups is 2. The predicted octanol–water partition coefficient (Wildman–Crippen LogP) is 0.177. The molecule has 0 amide bonds. The van der Waals surface area contributed by atoms with Gasteiger partial charge >= 0.3 is 5.97 Å². The van der Waals surface area contributed by atoms with Crippen LogP contribution in [0.5, 0.6) is 0 Å². The first-order valence-electron chi connectivity index (χ1n) is 6.18. The molecule has 0 radical (unpaired) electrons. The van der Waals surface area contributed by atoms with Gasteiger partial charge in [-0.25, -0.2) is 8.42 Å². The molecule has 1 N–H and O–H groups in total. The third-order valence-corrected chi connectivity index (χ3v) is 3.46. The second-order valence-corrected chi connectivity index (χ2v) is 6.57. The number of rotatable bonds is 4. The van der Waals surface area contributed by atoms with Gasteiger partial charge in [-0.15, -0.1) is 0 Å². The zero-order valence-corrected chi connectivity index (χ0v) is 12.9. The van der Waals surface area contributed by atoms with E-state index in [1.54, 1.807) is 12.1 Å². The summed E-state index contributed by atoms with van der Waals surface area (Å²) in [5.41, 5.74) is -1.07. The van der Waals surface area contributed by atoms with E-state index >= 15 is 0 Å². The molecule has 8 nitrogen and oxygen atoms in total. The van der Waals surface area contributed by atoms with E-state index in [1.165, 1.54) is 19.3 Å². The molecule has 1 aromatic rings. The molecule has 0 spiro atoms. The lowest BCUT2D eigenvalue weighted by atomic mass is 9.92. The molecule has 9 heteroatoms. The van der Waals surface area contributed by atoms with Crippen LogP contribution in [0.1, 0.15) is 19.4 Å². The molecule has 0 fully saturated rings. The number of Topliss-reactive ketones (excluding diaryl/α,β-unsaturated/α-hetero) is 1. The number of hydrogen-bond acceptors (Lipinski definition) is 7. The van der Waals surface area contributed by atoms with Gasteiger partial charge in [-0.3, -0.25) is 19.3 Å². The summed E-state index contributed by atoms with van der Waals surface area (Å²) in [6.45, 7) is 2.55. The van der Waals surface area contributed by atoms with Crippen LogP contribution in [0.3, 0.4) is 0 Å². The van der Waals surface area contributed by atoms with Crippen LogP contribution in [-0.4, -0.2) is 31.4 Å². The summed E-state index contributed by atoms with van der Waals surface area (Å²) in [5.74, 6) is -2.32. The molecule has 0 saturated heterocycles. The molecule has 1 aromatic heterocycles. The quantitative estimate of drug-likeness (QED) is 0.785. The molecule has 118 valence electrons. The van der Waals surface area contributed by atoms with E-state index in [2.05, 4.69) is 4.98 Å². The summed E-state index contributed by atoms with van der Waals surface area (Å²) in [7, 11) is -3.72. The molecule has 1 unspecified atom stereocenters. The Bertz CT molecular complexity index is 756. The smallest absolute Gasteiger partial charge is 0.308 e. The Morgan fingerprint density at radius 3 is 2.45 bits per heavy atom. The van der Waals surface area contributed by atoms with Crippen LogP contribution in [-0.2, 0) is 34.7 Å². The summed E-state index contributed by atoms with van der Waals surface area (Å²) < 4.78 is 35.1. The third kappa shape index (κ3) is 3.08. The number of ether oxygens (including phenoxy) is 2. The number of sulfonamides is 1. The summed E-state index contributed by atoms with van der Waals surface area (Å²) >= 11 is 0.